The lowest BCUT2D eigenvalue weighted by Crippen LogP contribution is -2.31. The summed E-state index contributed by atoms with van der Waals surface area (Å²) >= 11 is 0. The molecule has 0 amide bonds. The second-order valence-corrected chi connectivity index (χ2v) is 4.61. The van der Waals surface area contributed by atoms with Gasteiger partial charge >= 0.3 is 0 Å². The highest BCUT2D eigenvalue weighted by Crippen LogP contribution is 2.01. The molecule has 1 unspecified atom stereocenters. The monoisotopic (exact) mass is 275 g/mol. The van der Waals surface area contributed by atoms with Gasteiger partial charge in [-0.05, 0) is 38.8 Å². The molecule has 0 aromatic heterocycles. The third-order valence-corrected chi connectivity index (χ3v) is 2.74. The summed E-state index contributed by atoms with van der Waals surface area (Å²) in [5.74, 6) is 0. The molecule has 0 aromatic carbocycles. The summed E-state index contributed by atoms with van der Waals surface area (Å²) in [6.45, 7) is 10.9. The lowest BCUT2D eigenvalue weighted by molar-refractivity contribution is 0.719. The second-order valence-electron chi connectivity index (χ2n) is 4.61. The molecule has 0 aliphatic heterocycles. The van der Waals surface area contributed by atoms with E-state index in [1.165, 1.54) is 0 Å². The molecule has 0 spiro atoms. The van der Waals surface area contributed by atoms with Crippen molar-refractivity contribution in [3.63, 3.8) is 0 Å². The van der Waals surface area contributed by atoms with Crippen molar-refractivity contribution >= 4 is 0 Å². The fraction of sp³-hybridized carbons (Fsp3) is 0.412. The Morgan fingerprint density at radius 2 is 2.05 bits per heavy atom. The molecule has 0 aromatic rings. The summed E-state index contributed by atoms with van der Waals surface area (Å²) < 4.78 is 0. The average molecular weight is 275 g/mol. The predicted molar refractivity (Wildman–Crippen MR) is 90.3 cm³/mol. The Balaban J connectivity index is 4.09. The summed E-state index contributed by atoms with van der Waals surface area (Å²) in [4.78, 5) is 0. The smallest absolute Gasteiger partial charge is 0.0400 e. The average Bonchev–Trinajstić information content (AvgIpc) is 2.44. The van der Waals surface area contributed by atoms with Crippen LogP contribution in [0.1, 0.15) is 26.2 Å². The van der Waals surface area contributed by atoms with Gasteiger partial charge in [0.05, 0.1) is 0 Å². The van der Waals surface area contributed by atoms with Gasteiger partial charge in [-0.25, -0.2) is 0 Å². The van der Waals surface area contributed by atoms with Crippen molar-refractivity contribution < 1.29 is 0 Å². The van der Waals surface area contributed by atoms with E-state index in [2.05, 4.69) is 24.6 Å². The number of nitrogens with two attached hydrogens (primary N) is 2. The lowest BCUT2D eigenvalue weighted by Gasteiger charge is -2.11. The minimum Gasteiger partial charge on any atom is -0.383 e. The van der Waals surface area contributed by atoms with Crippen molar-refractivity contribution in [2.24, 2.45) is 11.5 Å². The van der Waals surface area contributed by atoms with Gasteiger partial charge in [0.2, 0.25) is 0 Å². The van der Waals surface area contributed by atoms with Crippen LogP contribution in [0.4, 0.5) is 0 Å². The van der Waals surface area contributed by atoms with Crippen LogP contribution >= 0.6 is 0 Å². The molecule has 0 saturated carbocycles. The first kappa shape index (κ1) is 18.4. The summed E-state index contributed by atoms with van der Waals surface area (Å²) in [5.41, 5.74) is 13.6. The summed E-state index contributed by atoms with van der Waals surface area (Å²) in [7, 11) is 0. The molecular weight excluding hydrogens is 246 g/mol. The Morgan fingerprint density at radius 1 is 1.30 bits per heavy atom. The van der Waals surface area contributed by atoms with Crippen LogP contribution in [0.15, 0.2) is 60.9 Å². The van der Waals surface area contributed by atoms with Crippen molar-refractivity contribution in [1.29, 1.82) is 0 Å². The van der Waals surface area contributed by atoms with Crippen LogP contribution in [-0.2, 0) is 0 Å². The number of hydrogen-bond donors (Lipinski definition) is 3. The molecule has 20 heavy (non-hydrogen) atoms. The van der Waals surface area contributed by atoms with Gasteiger partial charge in [-0.3, -0.25) is 0 Å². The Bertz CT molecular complexity index is 364. The zero-order chi connectivity index (χ0) is 15.2. The van der Waals surface area contributed by atoms with E-state index in [4.69, 9.17) is 11.5 Å². The van der Waals surface area contributed by atoms with Crippen molar-refractivity contribution in [3.05, 3.63) is 60.9 Å². The molecule has 0 saturated heterocycles. The first-order chi connectivity index (χ1) is 9.63. The molecule has 0 heterocycles. The van der Waals surface area contributed by atoms with Crippen LogP contribution in [0.5, 0.6) is 0 Å². The highest BCUT2D eigenvalue weighted by Gasteiger charge is 1.97. The molecule has 1 atom stereocenters. The second kappa shape index (κ2) is 12.5. The molecular formula is C17H29N3. The van der Waals surface area contributed by atoms with Crippen LogP contribution in [0.2, 0.25) is 0 Å². The summed E-state index contributed by atoms with van der Waals surface area (Å²) in [6, 6.07) is 0.00964. The largest absolute Gasteiger partial charge is 0.383 e. The molecule has 3 nitrogen and oxygen atoms in total. The highest BCUT2D eigenvalue weighted by atomic mass is 14.9. The molecule has 0 fully saturated rings. The van der Waals surface area contributed by atoms with Crippen molar-refractivity contribution in [3.8, 4) is 0 Å². The minimum absolute atomic E-state index is 0.00964. The normalized spacial score (nSPS) is 13.8. The number of unbranched alkanes of at least 4 members (excludes halogenated alkanes) is 1. The van der Waals surface area contributed by atoms with Crippen molar-refractivity contribution in [2.75, 3.05) is 13.1 Å². The van der Waals surface area contributed by atoms with E-state index < -0.39 is 0 Å². The molecule has 0 aliphatic carbocycles. The molecule has 0 rings (SSSR count). The maximum atomic E-state index is 6.00. The number of rotatable bonds is 11. The van der Waals surface area contributed by atoms with E-state index >= 15 is 0 Å². The fourth-order valence-electron chi connectivity index (χ4n) is 1.52. The van der Waals surface area contributed by atoms with Crippen molar-refractivity contribution in [1.82, 2.24) is 5.32 Å². The minimum atomic E-state index is 0.00964. The standard InChI is InChI=1S/C17H29N3/c1-4-6-7-8-9-16(19)14-20-17(5-2)11-10-15(3)12-13-18/h4-5,8-11,16,20H,1,3,6-7,12-14,18-19H2,2H3/b9-8+,11-10-,17-5+. The van der Waals surface area contributed by atoms with E-state index in [1.807, 2.05) is 37.3 Å². The third kappa shape index (κ3) is 10.4. The Morgan fingerprint density at radius 3 is 2.65 bits per heavy atom. The first-order valence-electron chi connectivity index (χ1n) is 7.13. The maximum Gasteiger partial charge on any atom is 0.0400 e. The number of nitrogens with one attached hydrogen (secondary N) is 1. The number of hydrogen-bond acceptors (Lipinski definition) is 3. The zero-order valence-electron chi connectivity index (χ0n) is 12.6. The van der Waals surface area contributed by atoms with Crippen LogP contribution in [0.25, 0.3) is 0 Å². The van der Waals surface area contributed by atoms with Crippen molar-refractivity contribution in [2.45, 2.75) is 32.2 Å². The van der Waals surface area contributed by atoms with Gasteiger partial charge in [-0.1, -0.05) is 42.5 Å². The first-order valence-corrected chi connectivity index (χ1v) is 7.13. The highest BCUT2D eigenvalue weighted by molar-refractivity contribution is 5.25. The van der Waals surface area contributed by atoms with Crippen LogP contribution in [-0.4, -0.2) is 19.1 Å². The van der Waals surface area contributed by atoms with E-state index in [0.717, 1.165) is 30.5 Å². The predicted octanol–water partition coefficient (Wildman–Crippen LogP) is 2.79. The van der Waals surface area contributed by atoms with E-state index in [-0.39, 0.29) is 6.04 Å². The molecule has 0 aliphatic rings. The van der Waals surface area contributed by atoms with Gasteiger partial charge < -0.3 is 16.8 Å². The van der Waals surface area contributed by atoms with Gasteiger partial charge in [0.15, 0.2) is 0 Å². The van der Waals surface area contributed by atoms with Gasteiger partial charge in [0, 0.05) is 18.3 Å². The topological polar surface area (TPSA) is 64.1 Å². The van der Waals surface area contributed by atoms with Gasteiger partial charge in [0.1, 0.15) is 0 Å². The molecule has 112 valence electrons. The SMILES string of the molecule is C=CCC/C=C/C(N)CNC(/C=C\C(=C)CCN)=C/C. The quantitative estimate of drug-likeness (QED) is 0.309. The van der Waals surface area contributed by atoms with Crippen LogP contribution in [0, 0.1) is 0 Å². The van der Waals surface area contributed by atoms with E-state index in [0.29, 0.717) is 13.1 Å². The molecule has 0 radical (unpaired) electrons. The Hall–Kier alpha value is -1.58. The van der Waals surface area contributed by atoms with Crippen LogP contribution in [0.3, 0.4) is 0 Å². The number of allylic oxidation sites excluding steroid dienone is 5. The van der Waals surface area contributed by atoms with Gasteiger partial charge in [-0.2, -0.15) is 0 Å². The van der Waals surface area contributed by atoms with E-state index in [1.54, 1.807) is 0 Å². The lowest BCUT2D eigenvalue weighted by atomic mass is 10.2. The summed E-state index contributed by atoms with van der Waals surface area (Å²) in [6.07, 6.45) is 14.8. The third-order valence-electron chi connectivity index (χ3n) is 2.74. The van der Waals surface area contributed by atoms with Crippen LogP contribution < -0.4 is 16.8 Å². The summed E-state index contributed by atoms with van der Waals surface area (Å²) in [5, 5.41) is 3.31. The molecule has 3 heteroatoms. The molecule has 0 bridgehead atoms. The molecule has 5 N–H and O–H groups in total. The Labute approximate surface area is 123 Å². The van der Waals surface area contributed by atoms with Gasteiger partial charge in [-0.15, -0.1) is 6.58 Å². The van der Waals surface area contributed by atoms with Gasteiger partial charge in [0.25, 0.3) is 0 Å². The maximum absolute atomic E-state index is 6.00. The Kier molecular flexibility index (Phi) is 11.5. The van der Waals surface area contributed by atoms with E-state index in [9.17, 15) is 0 Å². The fourth-order valence-corrected chi connectivity index (χ4v) is 1.52. The zero-order valence-corrected chi connectivity index (χ0v) is 12.6.